The Morgan fingerprint density at radius 3 is 2.90 bits per heavy atom. The molecule has 1 atom stereocenters. The zero-order chi connectivity index (χ0) is 14.8. The van der Waals surface area contributed by atoms with Crippen molar-refractivity contribution in [3.63, 3.8) is 0 Å². The smallest absolute Gasteiger partial charge is 0.310 e. The van der Waals surface area contributed by atoms with E-state index in [9.17, 15) is 9.90 Å². The fourth-order valence-corrected chi connectivity index (χ4v) is 3.50. The van der Waals surface area contributed by atoms with Crippen LogP contribution in [0.3, 0.4) is 0 Å². The number of hydrogen-bond acceptors (Lipinski definition) is 2. The number of carboxylic acid groups (broad SMARTS) is 1. The molecule has 1 unspecified atom stereocenters. The fourth-order valence-electron chi connectivity index (χ4n) is 2.95. The van der Waals surface area contributed by atoms with Crippen LogP contribution in [0.5, 0.6) is 0 Å². The van der Waals surface area contributed by atoms with Gasteiger partial charge in [0, 0.05) is 17.6 Å². The Bertz CT molecular complexity index is 509. The first-order chi connectivity index (χ1) is 9.47. The molecule has 0 aliphatic carbocycles. The summed E-state index contributed by atoms with van der Waals surface area (Å²) < 4.78 is 0.883. The molecule has 2 rings (SSSR count). The number of halogens is 2. The van der Waals surface area contributed by atoms with E-state index in [0.29, 0.717) is 11.6 Å². The summed E-state index contributed by atoms with van der Waals surface area (Å²) in [6.07, 6.45) is 2.40. The van der Waals surface area contributed by atoms with Crippen LogP contribution in [0.25, 0.3) is 0 Å². The van der Waals surface area contributed by atoms with Crippen molar-refractivity contribution >= 4 is 33.5 Å². The van der Waals surface area contributed by atoms with E-state index >= 15 is 0 Å². The standard InChI is InChI=1S/C15H19BrClNO2/c1-2-5-15(14(19)20)6-7-18(10-15)9-11-3-4-13(17)12(16)8-11/h3-4,8H,2,5-7,9-10H2,1H3,(H,19,20). The maximum absolute atomic E-state index is 11.6. The highest BCUT2D eigenvalue weighted by Crippen LogP contribution is 2.36. The molecule has 1 fully saturated rings. The number of hydrogen-bond donors (Lipinski definition) is 1. The topological polar surface area (TPSA) is 40.5 Å². The molecule has 0 amide bonds. The monoisotopic (exact) mass is 359 g/mol. The highest BCUT2D eigenvalue weighted by Gasteiger charge is 2.43. The third-order valence-corrected chi connectivity index (χ3v) is 5.22. The second kappa shape index (κ2) is 6.46. The Balaban J connectivity index is 2.05. The maximum Gasteiger partial charge on any atom is 0.310 e. The van der Waals surface area contributed by atoms with Gasteiger partial charge < -0.3 is 5.11 Å². The molecule has 1 aliphatic heterocycles. The number of rotatable bonds is 5. The van der Waals surface area contributed by atoms with E-state index in [-0.39, 0.29) is 0 Å². The summed E-state index contributed by atoms with van der Waals surface area (Å²) in [5.41, 5.74) is 0.595. The average Bonchev–Trinajstić information content (AvgIpc) is 2.79. The van der Waals surface area contributed by atoms with Crippen LogP contribution < -0.4 is 0 Å². The van der Waals surface area contributed by atoms with Gasteiger partial charge >= 0.3 is 5.97 Å². The van der Waals surface area contributed by atoms with E-state index in [4.69, 9.17) is 11.6 Å². The number of likely N-dealkylation sites (tertiary alicyclic amines) is 1. The predicted octanol–water partition coefficient (Wildman–Crippen LogP) is 4.18. The first kappa shape index (κ1) is 15.8. The average molecular weight is 361 g/mol. The molecule has 0 radical (unpaired) electrons. The molecule has 1 saturated heterocycles. The van der Waals surface area contributed by atoms with E-state index in [1.165, 1.54) is 0 Å². The number of carboxylic acids is 1. The quantitative estimate of drug-likeness (QED) is 0.856. The molecule has 5 heteroatoms. The summed E-state index contributed by atoms with van der Waals surface area (Å²) >= 11 is 9.41. The first-order valence-electron chi connectivity index (χ1n) is 6.86. The summed E-state index contributed by atoms with van der Waals surface area (Å²) in [6.45, 7) is 4.29. The van der Waals surface area contributed by atoms with Gasteiger partial charge in [-0.2, -0.15) is 0 Å². The lowest BCUT2D eigenvalue weighted by molar-refractivity contribution is -0.148. The van der Waals surface area contributed by atoms with Gasteiger partial charge in [0.25, 0.3) is 0 Å². The summed E-state index contributed by atoms with van der Waals surface area (Å²) in [4.78, 5) is 13.8. The second-order valence-corrected chi connectivity index (χ2v) is 6.81. The van der Waals surface area contributed by atoms with E-state index in [0.717, 1.165) is 42.4 Å². The zero-order valence-corrected chi connectivity index (χ0v) is 13.9. The molecule has 1 aromatic rings. The van der Waals surface area contributed by atoms with Crippen LogP contribution in [0, 0.1) is 5.41 Å². The van der Waals surface area contributed by atoms with E-state index in [1.807, 2.05) is 25.1 Å². The number of nitrogens with zero attached hydrogens (tertiary/aromatic N) is 1. The predicted molar refractivity (Wildman–Crippen MR) is 84.0 cm³/mol. The normalized spacial score (nSPS) is 23.1. The van der Waals surface area contributed by atoms with Gasteiger partial charge in [-0.25, -0.2) is 0 Å². The maximum atomic E-state index is 11.6. The highest BCUT2D eigenvalue weighted by molar-refractivity contribution is 9.10. The lowest BCUT2D eigenvalue weighted by Crippen LogP contribution is -2.34. The van der Waals surface area contributed by atoms with E-state index in [2.05, 4.69) is 20.8 Å². The van der Waals surface area contributed by atoms with Crippen LogP contribution in [-0.4, -0.2) is 29.1 Å². The molecular formula is C15H19BrClNO2. The van der Waals surface area contributed by atoms with Crippen molar-refractivity contribution in [2.45, 2.75) is 32.7 Å². The molecule has 0 spiro atoms. The molecule has 110 valence electrons. The fraction of sp³-hybridized carbons (Fsp3) is 0.533. The molecular weight excluding hydrogens is 342 g/mol. The first-order valence-corrected chi connectivity index (χ1v) is 8.03. The van der Waals surface area contributed by atoms with Crippen LogP contribution in [0.4, 0.5) is 0 Å². The molecule has 20 heavy (non-hydrogen) atoms. The van der Waals surface area contributed by atoms with Gasteiger partial charge in [-0.3, -0.25) is 9.69 Å². The lowest BCUT2D eigenvalue weighted by atomic mass is 9.83. The number of aliphatic carboxylic acids is 1. The van der Waals surface area contributed by atoms with Gasteiger partial charge in [-0.1, -0.05) is 31.0 Å². The highest BCUT2D eigenvalue weighted by atomic mass is 79.9. The van der Waals surface area contributed by atoms with Crippen molar-refractivity contribution in [3.8, 4) is 0 Å². The van der Waals surface area contributed by atoms with Crippen LogP contribution in [-0.2, 0) is 11.3 Å². The third-order valence-electron chi connectivity index (χ3n) is 4.01. The summed E-state index contributed by atoms with van der Waals surface area (Å²) in [7, 11) is 0. The molecule has 0 aromatic heterocycles. The molecule has 0 saturated carbocycles. The van der Waals surface area contributed by atoms with Gasteiger partial charge in [0.05, 0.1) is 10.4 Å². The van der Waals surface area contributed by atoms with E-state index < -0.39 is 11.4 Å². The zero-order valence-electron chi connectivity index (χ0n) is 11.5. The van der Waals surface area contributed by atoms with Crippen molar-refractivity contribution in [1.29, 1.82) is 0 Å². The SMILES string of the molecule is CCCC1(C(=O)O)CCN(Cc2ccc(Cl)c(Br)c2)C1. The number of benzene rings is 1. The molecule has 1 N–H and O–H groups in total. The van der Waals surface area contributed by atoms with Crippen LogP contribution in [0.2, 0.25) is 5.02 Å². The largest absolute Gasteiger partial charge is 0.481 e. The summed E-state index contributed by atoms with van der Waals surface area (Å²) in [6, 6.07) is 5.87. The minimum atomic E-state index is -0.654. The molecule has 1 aromatic carbocycles. The van der Waals surface area contributed by atoms with E-state index in [1.54, 1.807) is 0 Å². The minimum Gasteiger partial charge on any atom is -0.481 e. The van der Waals surface area contributed by atoms with Crippen LogP contribution >= 0.6 is 27.5 Å². The van der Waals surface area contributed by atoms with Gasteiger partial charge in [0.2, 0.25) is 0 Å². The van der Waals surface area contributed by atoms with Gasteiger partial charge in [-0.15, -0.1) is 0 Å². The Hall–Kier alpha value is -0.580. The molecule has 3 nitrogen and oxygen atoms in total. The Morgan fingerprint density at radius 1 is 1.55 bits per heavy atom. The lowest BCUT2D eigenvalue weighted by Gasteiger charge is -2.24. The van der Waals surface area contributed by atoms with Crippen molar-refractivity contribution in [2.75, 3.05) is 13.1 Å². The van der Waals surface area contributed by atoms with Crippen LogP contribution in [0.15, 0.2) is 22.7 Å². The Kier molecular flexibility index (Phi) is 5.10. The van der Waals surface area contributed by atoms with Crippen molar-refractivity contribution < 1.29 is 9.90 Å². The Labute approximate surface area is 133 Å². The van der Waals surface area contributed by atoms with Crippen molar-refractivity contribution in [2.24, 2.45) is 5.41 Å². The third kappa shape index (κ3) is 3.35. The second-order valence-electron chi connectivity index (χ2n) is 5.54. The van der Waals surface area contributed by atoms with Crippen molar-refractivity contribution in [3.05, 3.63) is 33.3 Å². The van der Waals surface area contributed by atoms with Gasteiger partial charge in [0.15, 0.2) is 0 Å². The molecule has 1 heterocycles. The van der Waals surface area contributed by atoms with Crippen molar-refractivity contribution in [1.82, 2.24) is 4.90 Å². The summed E-state index contributed by atoms with van der Waals surface area (Å²) in [5.74, 6) is -0.654. The summed E-state index contributed by atoms with van der Waals surface area (Å²) in [5, 5.41) is 10.2. The number of carbonyl (C=O) groups is 1. The molecule has 1 aliphatic rings. The Morgan fingerprint density at radius 2 is 2.30 bits per heavy atom. The van der Waals surface area contributed by atoms with Crippen LogP contribution in [0.1, 0.15) is 31.7 Å². The minimum absolute atomic E-state index is 0.557. The van der Waals surface area contributed by atoms with Gasteiger partial charge in [0.1, 0.15) is 0 Å². The van der Waals surface area contributed by atoms with Gasteiger partial charge in [-0.05, 0) is 53.0 Å². The molecule has 0 bridgehead atoms.